The van der Waals surface area contributed by atoms with Gasteiger partial charge in [0.25, 0.3) is 5.91 Å². The maximum atomic E-state index is 14.7. The molecule has 2 fully saturated rings. The van der Waals surface area contributed by atoms with Crippen molar-refractivity contribution >= 4 is 17.4 Å². The minimum atomic E-state index is -1.10. The third-order valence-electron chi connectivity index (χ3n) is 8.34. The van der Waals surface area contributed by atoms with Crippen molar-refractivity contribution < 1.29 is 14.3 Å². The molecule has 1 amide bonds. The fourth-order valence-electron chi connectivity index (χ4n) is 7.28. The number of fused-ring (bicyclic) bond motifs is 6. The van der Waals surface area contributed by atoms with Crippen molar-refractivity contribution in [2.75, 3.05) is 18.5 Å². The van der Waals surface area contributed by atoms with Gasteiger partial charge in [0.1, 0.15) is 23.3 Å². The van der Waals surface area contributed by atoms with Gasteiger partial charge in [-0.2, -0.15) is 0 Å². The lowest BCUT2D eigenvalue weighted by Crippen LogP contribution is -2.63. The summed E-state index contributed by atoms with van der Waals surface area (Å²) in [6.07, 6.45) is 1.96. The van der Waals surface area contributed by atoms with E-state index in [0.29, 0.717) is 11.3 Å². The quantitative estimate of drug-likeness (QED) is 0.616. The maximum Gasteiger partial charge on any atom is 0.250 e. The molecular formula is C28H24N2O3. The van der Waals surface area contributed by atoms with E-state index in [1.54, 1.807) is 0 Å². The van der Waals surface area contributed by atoms with Gasteiger partial charge in [-0.1, -0.05) is 60.7 Å². The molecule has 0 aliphatic carbocycles. The lowest BCUT2D eigenvalue weighted by molar-refractivity contribution is -0.132. The smallest absolute Gasteiger partial charge is 0.250 e. The van der Waals surface area contributed by atoms with Gasteiger partial charge >= 0.3 is 0 Å². The zero-order chi connectivity index (χ0) is 22.2. The molecule has 5 nitrogen and oxygen atoms in total. The fraction of sp³-hybridized carbons (Fsp3) is 0.286. The number of para-hydroxylation sites is 2. The topological polar surface area (TPSA) is 58.6 Å². The van der Waals surface area contributed by atoms with Crippen molar-refractivity contribution in [1.29, 1.82) is 0 Å². The van der Waals surface area contributed by atoms with E-state index < -0.39 is 11.0 Å². The molecule has 1 N–H and O–H groups in total. The third-order valence-corrected chi connectivity index (χ3v) is 8.34. The number of anilines is 1. The lowest BCUT2D eigenvalue weighted by Gasteiger charge is -2.48. The van der Waals surface area contributed by atoms with Crippen LogP contribution in [0.1, 0.15) is 40.2 Å². The molecule has 0 unspecified atom stereocenters. The van der Waals surface area contributed by atoms with Gasteiger partial charge in [0.15, 0.2) is 5.78 Å². The second-order valence-corrected chi connectivity index (χ2v) is 9.59. The number of rotatable bonds is 1. The molecule has 4 aliphatic rings. The van der Waals surface area contributed by atoms with Crippen LogP contribution in [-0.4, -0.2) is 35.8 Å². The number of Topliss-reactive ketones (excluding diaryl/α,β-unsaturated/α-hetero) is 1. The second-order valence-electron chi connectivity index (χ2n) is 9.59. The predicted octanol–water partition coefficient (Wildman–Crippen LogP) is 4.36. The molecule has 4 atom stereocenters. The first kappa shape index (κ1) is 19.1. The Bertz CT molecular complexity index is 1310. The molecule has 2 spiro atoms. The van der Waals surface area contributed by atoms with Gasteiger partial charge in [0, 0.05) is 23.2 Å². The predicted molar refractivity (Wildman–Crippen MR) is 124 cm³/mol. The number of amides is 1. The Kier molecular flexibility index (Phi) is 3.78. The van der Waals surface area contributed by atoms with E-state index in [1.165, 1.54) is 0 Å². The molecular weight excluding hydrogens is 412 g/mol. The van der Waals surface area contributed by atoms with Gasteiger partial charge in [-0.05, 0) is 43.1 Å². The molecule has 0 aromatic heterocycles. The van der Waals surface area contributed by atoms with E-state index in [-0.39, 0.29) is 30.3 Å². The summed E-state index contributed by atoms with van der Waals surface area (Å²) < 4.78 is 6.37. The number of nitrogens with one attached hydrogen (secondary N) is 1. The molecule has 2 saturated heterocycles. The standard InChI is InChI=1S/C28H24N2O3/c31-25-19-11-4-7-15-23(19)33-17-27(25)24(18-9-2-1-3-10-18)22-14-8-16-30(22)28(27)20-12-5-6-13-21(20)29-26(28)32/h1-7,9-13,15,22,24H,8,14,16-17H2,(H,29,32)/t22-,24-,27-,28-/m1/s1. The first-order chi connectivity index (χ1) is 16.2. The van der Waals surface area contributed by atoms with Crippen molar-refractivity contribution in [3.63, 3.8) is 0 Å². The summed E-state index contributed by atoms with van der Waals surface area (Å²) in [5, 5.41) is 3.14. The summed E-state index contributed by atoms with van der Waals surface area (Å²) in [6, 6.07) is 25.7. The van der Waals surface area contributed by atoms with Gasteiger partial charge < -0.3 is 10.1 Å². The highest BCUT2D eigenvalue weighted by Gasteiger charge is 2.78. The summed E-state index contributed by atoms with van der Waals surface area (Å²) in [5.74, 6) is 0.359. The van der Waals surface area contributed by atoms with Gasteiger partial charge in [0.2, 0.25) is 0 Å². The highest BCUT2D eigenvalue weighted by atomic mass is 16.5. The van der Waals surface area contributed by atoms with Gasteiger partial charge in [-0.15, -0.1) is 0 Å². The zero-order valence-electron chi connectivity index (χ0n) is 18.2. The summed E-state index contributed by atoms with van der Waals surface area (Å²) in [4.78, 5) is 31.2. The largest absolute Gasteiger partial charge is 0.492 e. The van der Waals surface area contributed by atoms with Crippen LogP contribution >= 0.6 is 0 Å². The Hall–Kier alpha value is -3.44. The molecule has 164 valence electrons. The van der Waals surface area contributed by atoms with Crippen LogP contribution in [0.2, 0.25) is 0 Å². The Morgan fingerprint density at radius 1 is 0.909 bits per heavy atom. The van der Waals surface area contributed by atoms with Gasteiger partial charge in [0.05, 0.1) is 5.56 Å². The Labute approximate surface area is 192 Å². The monoisotopic (exact) mass is 436 g/mol. The molecule has 4 aliphatic heterocycles. The molecule has 3 aromatic rings. The molecule has 7 rings (SSSR count). The molecule has 0 radical (unpaired) electrons. The molecule has 0 saturated carbocycles. The van der Waals surface area contributed by atoms with E-state index in [2.05, 4.69) is 22.3 Å². The van der Waals surface area contributed by atoms with Gasteiger partial charge in [-0.25, -0.2) is 0 Å². The van der Waals surface area contributed by atoms with Crippen LogP contribution in [0.15, 0.2) is 78.9 Å². The van der Waals surface area contributed by atoms with E-state index >= 15 is 0 Å². The average molecular weight is 437 g/mol. The third kappa shape index (κ3) is 2.12. The number of ether oxygens (including phenoxy) is 1. The summed E-state index contributed by atoms with van der Waals surface area (Å²) >= 11 is 0. The Balaban J connectivity index is 1.59. The van der Waals surface area contributed by atoms with Crippen LogP contribution in [0.4, 0.5) is 5.69 Å². The maximum absolute atomic E-state index is 14.7. The summed E-state index contributed by atoms with van der Waals surface area (Å²) in [5.41, 5.74) is 1.20. The molecule has 33 heavy (non-hydrogen) atoms. The normalized spacial score (nSPS) is 31.9. The van der Waals surface area contributed by atoms with Crippen molar-refractivity contribution in [2.24, 2.45) is 5.41 Å². The Morgan fingerprint density at radius 2 is 1.67 bits per heavy atom. The number of hydrogen-bond donors (Lipinski definition) is 1. The number of nitrogens with zero attached hydrogens (tertiary/aromatic N) is 1. The first-order valence-electron chi connectivity index (χ1n) is 11.7. The van der Waals surface area contributed by atoms with Crippen LogP contribution in [-0.2, 0) is 10.3 Å². The molecule has 5 heteroatoms. The first-order valence-corrected chi connectivity index (χ1v) is 11.7. The van der Waals surface area contributed by atoms with E-state index in [0.717, 1.165) is 36.2 Å². The lowest BCUT2D eigenvalue weighted by atomic mass is 9.56. The highest BCUT2D eigenvalue weighted by molar-refractivity contribution is 6.15. The van der Waals surface area contributed by atoms with Crippen molar-refractivity contribution in [3.8, 4) is 5.75 Å². The van der Waals surface area contributed by atoms with Crippen LogP contribution in [0.3, 0.4) is 0 Å². The van der Waals surface area contributed by atoms with E-state index in [9.17, 15) is 9.59 Å². The summed E-state index contributed by atoms with van der Waals surface area (Å²) in [7, 11) is 0. The van der Waals surface area contributed by atoms with Crippen molar-refractivity contribution in [2.45, 2.75) is 30.3 Å². The van der Waals surface area contributed by atoms with Gasteiger partial charge in [-0.3, -0.25) is 14.5 Å². The summed E-state index contributed by atoms with van der Waals surface area (Å²) in [6.45, 7) is 0.962. The molecule has 0 bridgehead atoms. The second kappa shape index (κ2) is 6.55. The van der Waals surface area contributed by atoms with Crippen molar-refractivity contribution in [1.82, 2.24) is 4.90 Å². The molecule has 3 aromatic carbocycles. The molecule has 4 heterocycles. The number of ketones is 1. The zero-order valence-corrected chi connectivity index (χ0v) is 18.2. The van der Waals surface area contributed by atoms with Crippen LogP contribution in [0.5, 0.6) is 5.75 Å². The Morgan fingerprint density at radius 3 is 2.55 bits per heavy atom. The minimum Gasteiger partial charge on any atom is -0.492 e. The number of carbonyl (C=O) groups is 2. The van der Waals surface area contributed by atoms with Crippen LogP contribution in [0.25, 0.3) is 0 Å². The van der Waals surface area contributed by atoms with E-state index in [1.807, 2.05) is 66.7 Å². The number of hydrogen-bond acceptors (Lipinski definition) is 4. The minimum absolute atomic E-state index is 0.0134. The number of carbonyl (C=O) groups excluding carboxylic acids is 2. The SMILES string of the molecule is O=C1c2ccccc2OC[C@@]12[C@H](c1ccccc1)[C@H]1CCCN1[C@]21C(=O)Nc2ccccc21. The van der Waals surface area contributed by atoms with Crippen LogP contribution < -0.4 is 10.1 Å². The fourth-order valence-corrected chi connectivity index (χ4v) is 7.28. The van der Waals surface area contributed by atoms with Crippen molar-refractivity contribution in [3.05, 3.63) is 95.6 Å². The van der Waals surface area contributed by atoms with E-state index in [4.69, 9.17) is 4.74 Å². The number of benzene rings is 3. The average Bonchev–Trinajstić information content (AvgIpc) is 3.50. The van der Waals surface area contributed by atoms with Crippen LogP contribution in [0, 0.1) is 5.41 Å². The highest BCUT2D eigenvalue weighted by Crippen LogP contribution is 2.68.